The van der Waals surface area contributed by atoms with Crippen molar-refractivity contribution < 1.29 is 0 Å². The van der Waals surface area contributed by atoms with Crippen LogP contribution in [0.1, 0.15) is 30.0 Å². The van der Waals surface area contributed by atoms with Gasteiger partial charge < -0.3 is 10.6 Å². The molecule has 20 heavy (non-hydrogen) atoms. The van der Waals surface area contributed by atoms with E-state index in [2.05, 4.69) is 34.9 Å². The fourth-order valence-electron chi connectivity index (χ4n) is 2.75. The van der Waals surface area contributed by atoms with Gasteiger partial charge in [0, 0.05) is 5.69 Å². The number of para-hydroxylation sites is 1. The van der Waals surface area contributed by atoms with Crippen molar-refractivity contribution in [2.75, 3.05) is 5.32 Å². The first kappa shape index (κ1) is 13.1. The summed E-state index contributed by atoms with van der Waals surface area (Å²) >= 11 is 5.42. The van der Waals surface area contributed by atoms with E-state index in [1.54, 1.807) is 0 Å². The SMILES string of the molecule is S=C(Nc1ccccc1)N[C@H]1CCCc2ccccc21. The van der Waals surface area contributed by atoms with Gasteiger partial charge in [-0.3, -0.25) is 0 Å². The first-order valence-corrected chi connectivity index (χ1v) is 7.44. The van der Waals surface area contributed by atoms with Crippen LogP contribution in [0.25, 0.3) is 0 Å². The van der Waals surface area contributed by atoms with E-state index >= 15 is 0 Å². The summed E-state index contributed by atoms with van der Waals surface area (Å²) in [5.74, 6) is 0. The molecule has 0 radical (unpaired) electrons. The van der Waals surface area contributed by atoms with Crippen LogP contribution in [-0.4, -0.2) is 5.11 Å². The molecule has 0 aliphatic heterocycles. The van der Waals surface area contributed by atoms with Crippen molar-refractivity contribution in [3.63, 3.8) is 0 Å². The Morgan fingerprint density at radius 3 is 2.60 bits per heavy atom. The van der Waals surface area contributed by atoms with Crippen LogP contribution < -0.4 is 10.6 Å². The summed E-state index contributed by atoms with van der Waals surface area (Å²) in [7, 11) is 0. The predicted octanol–water partition coefficient (Wildman–Crippen LogP) is 4.05. The standard InChI is InChI=1S/C17H18N2S/c20-17(18-14-9-2-1-3-10-14)19-16-12-6-8-13-7-4-5-11-15(13)16/h1-5,7,9-11,16H,6,8,12H2,(H2,18,19,20)/t16-/m0/s1. The molecule has 2 N–H and O–H groups in total. The normalized spacial score (nSPS) is 17.1. The van der Waals surface area contributed by atoms with Gasteiger partial charge in [-0.25, -0.2) is 0 Å². The minimum atomic E-state index is 0.323. The maximum Gasteiger partial charge on any atom is 0.171 e. The molecule has 0 aromatic heterocycles. The van der Waals surface area contributed by atoms with Crippen LogP contribution >= 0.6 is 12.2 Å². The number of nitrogens with one attached hydrogen (secondary N) is 2. The number of aryl methyl sites for hydroxylation is 1. The van der Waals surface area contributed by atoms with Crippen molar-refractivity contribution in [3.8, 4) is 0 Å². The van der Waals surface area contributed by atoms with Gasteiger partial charge in [0.05, 0.1) is 6.04 Å². The van der Waals surface area contributed by atoms with Gasteiger partial charge in [0.15, 0.2) is 5.11 Å². The zero-order chi connectivity index (χ0) is 13.8. The minimum Gasteiger partial charge on any atom is -0.356 e. The lowest BCUT2D eigenvalue weighted by Gasteiger charge is -2.27. The van der Waals surface area contributed by atoms with Gasteiger partial charge in [0.25, 0.3) is 0 Å². The molecule has 0 bridgehead atoms. The van der Waals surface area contributed by atoms with E-state index < -0.39 is 0 Å². The van der Waals surface area contributed by atoms with Crippen molar-refractivity contribution in [3.05, 3.63) is 65.7 Å². The Balaban J connectivity index is 1.68. The molecule has 102 valence electrons. The van der Waals surface area contributed by atoms with Crippen molar-refractivity contribution >= 4 is 23.0 Å². The highest BCUT2D eigenvalue weighted by atomic mass is 32.1. The Morgan fingerprint density at radius 1 is 1.00 bits per heavy atom. The van der Waals surface area contributed by atoms with Gasteiger partial charge >= 0.3 is 0 Å². The van der Waals surface area contributed by atoms with Crippen molar-refractivity contribution in [1.29, 1.82) is 0 Å². The Kier molecular flexibility index (Phi) is 3.97. The lowest BCUT2D eigenvalue weighted by molar-refractivity contribution is 0.529. The summed E-state index contributed by atoms with van der Waals surface area (Å²) in [5.41, 5.74) is 3.85. The first-order valence-electron chi connectivity index (χ1n) is 7.03. The van der Waals surface area contributed by atoms with Crippen LogP contribution in [0.5, 0.6) is 0 Å². The Hall–Kier alpha value is -1.87. The number of hydrogen-bond donors (Lipinski definition) is 2. The molecular formula is C17H18N2S. The second kappa shape index (κ2) is 6.06. The molecule has 1 aliphatic rings. The molecule has 2 aromatic carbocycles. The Morgan fingerprint density at radius 2 is 1.75 bits per heavy atom. The minimum absolute atomic E-state index is 0.323. The molecule has 0 amide bonds. The van der Waals surface area contributed by atoms with Gasteiger partial charge in [-0.05, 0) is 54.7 Å². The summed E-state index contributed by atoms with van der Waals surface area (Å²) in [4.78, 5) is 0. The second-order valence-electron chi connectivity index (χ2n) is 5.11. The lowest BCUT2D eigenvalue weighted by atomic mass is 9.88. The first-order chi connectivity index (χ1) is 9.83. The molecule has 3 rings (SSSR count). The molecular weight excluding hydrogens is 264 g/mol. The quantitative estimate of drug-likeness (QED) is 0.813. The van der Waals surface area contributed by atoms with Crippen LogP contribution in [0, 0.1) is 0 Å². The maximum absolute atomic E-state index is 5.42. The van der Waals surface area contributed by atoms with Crippen molar-refractivity contribution in [2.45, 2.75) is 25.3 Å². The summed E-state index contributed by atoms with van der Waals surface area (Å²) in [6.45, 7) is 0. The van der Waals surface area contributed by atoms with Crippen LogP contribution in [0.2, 0.25) is 0 Å². The zero-order valence-electron chi connectivity index (χ0n) is 11.3. The summed E-state index contributed by atoms with van der Waals surface area (Å²) in [6, 6.07) is 19.0. The molecule has 0 saturated heterocycles. The number of anilines is 1. The van der Waals surface area contributed by atoms with Gasteiger partial charge in [-0.2, -0.15) is 0 Å². The molecule has 2 nitrogen and oxygen atoms in total. The molecule has 1 atom stereocenters. The summed E-state index contributed by atoms with van der Waals surface area (Å²) in [6.07, 6.45) is 3.52. The zero-order valence-corrected chi connectivity index (χ0v) is 12.1. The molecule has 2 aromatic rings. The highest BCUT2D eigenvalue weighted by Crippen LogP contribution is 2.29. The number of fused-ring (bicyclic) bond motifs is 1. The number of benzene rings is 2. The van der Waals surface area contributed by atoms with Crippen molar-refractivity contribution in [1.82, 2.24) is 5.32 Å². The topological polar surface area (TPSA) is 24.1 Å². The largest absolute Gasteiger partial charge is 0.356 e. The van der Waals surface area contributed by atoms with Crippen LogP contribution in [0.3, 0.4) is 0 Å². The van der Waals surface area contributed by atoms with Crippen LogP contribution in [0.4, 0.5) is 5.69 Å². The maximum atomic E-state index is 5.42. The highest BCUT2D eigenvalue weighted by molar-refractivity contribution is 7.80. The second-order valence-corrected chi connectivity index (χ2v) is 5.52. The van der Waals surface area contributed by atoms with E-state index in [4.69, 9.17) is 12.2 Å². The van der Waals surface area contributed by atoms with E-state index in [1.807, 2.05) is 30.3 Å². The van der Waals surface area contributed by atoms with E-state index in [0.29, 0.717) is 11.2 Å². The predicted molar refractivity (Wildman–Crippen MR) is 87.9 cm³/mol. The molecule has 1 aliphatic carbocycles. The van der Waals surface area contributed by atoms with E-state index in [9.17, 15) is 0 Å². The summed E-state index contributed by atoms with van der Waals surface area (Å²) in [5, 5.41) is 7.38. The van der Waals surface area contributed by atoms with E-state index in [0.717, 1.165) is 12.1 Å². The fraction of sp³-hybridized carbons (Fsp3) is 0.235. The van der Waals surface area contributed by atoms with Gasteiger partial charge in [0.1, 0.15) is 0 Å². The van der Waals surface area contributed by atoms with Crippen LogP contribution in [0.15, 0.2) is 54.6 Å². The Labute approximate surface area is 125 Å². The van der Waals surface area contributed by atoms with Gasteiger partial charge in [-0.1, -0.05) is 42.5 Å². The summed E-state index contributed by atoms with van der Waals surface area (Å²) < 4.78 is 0. The smallest absolute Gasteiger partial charge is 0.171 e. The number of thiocarbonyl (C=S) groups is 1. The average molecular weight is 282 g/mol. The molecule has 0 heterocycles. The monoisotopic (exact) mass is 282 g/mol. The van der Waals surface area contributed by atoms with Crippen molar-refractivity contribution in [2.24, 2.45) is 0 Å². The lowest BCUT2D eigenvalue weighted by Crippen LogP contribution is -2.34. The molecule has 3 heteroatoms. The third-order valence-corrected chi connectivity index (χ3v) is 3.93. The third-order valence-electron chi connectivity index (χ3n) is 3.71. The fourth-order valence-corrected chi connectivity index (χ4v) is 3.01. The van der Waals surface area contributed by atoms with Crippen LogP contribution in [-0.2, 0) is 6.42 Å². The number of rotatable bonds is 2. The third kappa shape index (κ3) is 2.99. The van der Waals surface area contributed by atoms with Gasteiger partial charge in [-0.15, -0.1) is 0 Å². The van der Waals surface area contributed by atoms with Gasteiger partial charge in [0.2, 0.25) is 0 Å². The van der Waals surface area contributed by atoms with E-state index in [1.165, 1.54) is 24.0 Å². The Bertz CT molecular complexity index is 595. The highest BCUT2D eigenvalue weighted by Gasteiger charge is 2.20. The molecule has 0 fully saturated rings. The van der Waals surface area contributed by atoms with E-state index in [-0.39, 0.29) is 0 Å². The molecule has 0 saturated carbocycles. The molecule has 0 unspecified atom stereocenters. The molecule has 0 spiro atoms. The number of hydrogen-bond acceptors (Lipinski definition) is 1. The average Bonchev–Trinajstić information content (AvgIpc) is 2.48.